The Balaban J connectivity index is 2.58. The number of thiophene rings is 1. The van der Waals surface area contributed by atoms with Gasteiger partial charge in [0.2, 0.25) is 0 Å². The monoisotopic (exact) mass is 320 g/mol. The van der Waals surface area contributed by atoms with Crippen LogP contribution in [0.4, 0.5) is 4.79 Å². The first-order valence-electron chi connectivity index (χ1n) is 5.16. The van der Waals surface area contributed by atoms with Crippen molar-refractivity contribution in [2.75, 3.05) is 7.11 Å². The van der Waals surface area contributed by atoms with E-state index in [2.05, 4.69) is 9.46 Å². The molecule has 8 nitrogen and oxygen atoms in total. The zero-order valence-corrected chi connectivity index (χ0v) is 12.0. The quantitative estimate of drug-likeness (QED) is 0.658. The average molecular weight is 320 g/mol. The fourth-order valence-electron chi connectivity index (χ4n) is 1.10. The first kappa shape index (κ1) is 16.1. The SMILES string of the molecule is COC(=O)NS(=O)(=O)NCc1cc(/C=C/C(=O)O)cs1. The van der Waals surface area contributed by atoms with E-state index in [1.165, 1.54) is 17.4 Å². The van der Waals surface area contributed by atoms with Gasteiger partial charge < -0.3 is 9.84 Å². The lowest BCUT2D eigenvalue weighted by molar-refractivity contribution is -0.131. The van der Waals surface area contributed by atoms with Gasteiger partial charge in [-0.2, -0.15) is 13.1 Å². The summed E-state index contributed by atoms with van der Waals surface area (Å²) in [5.74, 6) is -1.07. The lowest BCUT2D eigenvalue weighted by atomic mass is 10.3. The molecular weight excluding hydrogens is 308 g/mol. The minimum Gasteiger partial charge on any atom is -0.478 e. The second-order valence-electron chi connectivity index (χ2n) is 3.44. The summed E-state index contributed by atoms with van der Waals surface area (Å²) in [5, 5.41) is 10.1. The molecule has 20 heavy (non-hydrogen) atoms. The molecule has 0 fully saturated rings. The van der Waals surface area contributed by atoms with Crippen molar-refractivity contribution in [3.05, 3.63) is 28.0 Å². The van der Waals surface area contributed by atoms with Crippen molar-refractivity contribution in [2.24, 2.45) is 0 Å². The summed E-state index contributed by atoms with van der Waals surface area (Å²) in [6.45, 7) is -0.0299. The Hall–Kier alpha value is -1.91. The number of hydrogen-bond acceptors (Lipinski definition) is 6. The molecule has 0 radical (unpaired) electrons. The molecular formula is C10H12N2O6S2. The van der Waals surface area contributed by atoms with Crippen LogP contribution in [0.25, 0.3) is 6.08 Å². The molecule has 1 rings (SSSR count). The summed E-state index contributed by atoms with van der Waals surface area (Å²) in [5.41, 5.74) is 0.646. The second kappa shape index (κ2) is 7.03. The van der Waals surface area contributed by atoms with Crippen LogP contribution in [0.1, 0.15) is 10.4 Å². The Morgan fingerprint density at radius 1 is 1.50 bits per heavy atom. The molecule has 1 amide bonds. The van der Waals surface area contributed by atoms with Crippen LogP contribution in [0.2, 0.25) is 0 Å². The summed E-state index contributed by atoms with van der Waals surface area (Å²) in [7, 11) is -2.94. The summed E-state index contributed by atoms with van der Waals surface area (Å²) < 4.78 is 30.7. The van der Waals surface area contributed by atoms with Gasteiger partial charge in [0.1, 0.15) is 0 Å². The standard InChI is InChI=1S/C10H12N2O6S2/c1-18-10(15)12-20(16,17)11-5-8-4-7(6-19-8)2-3-9(13)14/h2-4,6,11H,5H2,1H3,(H,12,15)(H,13,14)/b3-2+. The molecule has 110 valence electrons. The van der Waals surface area contributed by atoms with Crippen molar-refractivity contribution in [3.8, 4) is 0 Å². The Bertz CT molecular complexity index is 619. The van der Waals surface area contributed by atoms with Crippen molar-refractivity contribution in [2.45, 2.75) is 6.54 Å². The number of carboxylic acid groups (broad SMARTS) is 1. The maximum Gasteiger partial charge on any atom is 0.421 e. The van der Waals surface area contributed by atoms with Gasteiger partial charge in [0.05, 0.1) is 7.11 Å². The van der Waals surface area contributed by atoms with Gasteiger partial charge in [0.15, 0.2) is 0 Å². The first-order chi connectivity index (χ1) is 9.32. The molecule has 0 aliphatic carbocycles. The summed E-state index contributed by atoms with van der Waals surface area (Å²) >= 11 is 1.25. The third-order valence-electron chi connectivity index (χ3n) is 1.93. The molecule has 0 aliphatic heterocycles. The van der Waals surface area contributed by atoms with Crippen molar-refractivity contribution >= 4 is 39.7 Å². The van der Waals surface area contributed by atoms with Crippen LogP contribution in [0.5, 0.6) is 0 Å². The second-order valence-corrected chi connectivity index (χ2v) is 5.93. The normalized spacial score (nSPS) is 11.4. The predicted octanol–water partition coefficient (Wildman–Crippen LogP) is 0.536. The van der Waals surface area contributed by atoms with Crippen LogP contribution < -0.4 is 9.44 Å². The number of hydrogen-bond donors (Lipinski definition) is 3. The van der Waals surface area contributed by atoms with E-state index in [1.54, 1.807) is 16.2 Å². The van der Waals surface area contributed by atoms with Gasteiger partial charge in [-0.25, -0.2) is 14.3 Å². The van der Waals surface area contributed by atoms with Crippen molar-refractivity contribution < 1.29 is 27.9 Å². The van der Waals surface area contributed by atoms with Crippen molar-refractivity contribution in [1.82, 2.24) is 9.44 Å². The third kappa shape index (κ3) is 5.82. The summed E-state index contributed by atoms with van der Waals surface area (Å²) in [6.07, 6.45) is 1.28. The highest BCUT2D eigenvalue weighted by atomic mass is 32.2. The number of carbonyl (C=O) groups is 2. The highest BCUT2D eigenvalue weighted by molar-refractivity contribution is 7.88. The molecule has 0 bridgehead atoms. The zero-order valence-electron chi connectivity index (χ0n) is 10.3. The topological polar surface area (TPSA) is 122 Å². The minimum absolute atomic E-state index is 0.0299. The number of methoxy groups -OCH3 is 1. The van der Waals surface area contributed by atoms with E-state index >= 15 is 0 Å². The smallest absolute Gasteiger partial charge is 0.421 e. The number of rotatable bonds is 6. The van der Waals surface area contributed by atoms with Crippen molar-refractivity contribution in [3.63, 3.8) is 0 Å². The van der Waals surface area contributed by atoms with E-state index in [9.17, 15) is 18.0 Å². The first-order valence-corrected chi connectivity index (χ1v) is 7.52. The van der Waals surface area contributed by atoms with E-state index in [4.69, 9.17) is 5.11 Å². The van der Waals surface area contributed by atoms with E-state index in [1.807, 2.05) is 0 Å². The van der Waals surface area contributed by atoms with Crippen LogP contribution in [-0.2, 0) is 26.3 Å². The molecule has 10 heteroatoms. The van der Waals surface area contributed by atoms with E-state index in [0.29, 0.717) is 10.4 Å². The molecule has 1 aromatic rings. The number of amides is 1. The molecule has 0 saturated carbocycles. The summed E-state index contributed by atoms with van der Waals surface area (Å²) in [4.78, 5) is 21.8. The molecule has 1 heterocycles. The van der Waals surface area contributed by atoms with Gasteiger partial charge >= 0.3 is 22.3 Å². The van der Waals surface area contributed by atoms with Gasteiger partial charge in [0, 0.05) is 17.5 Å². The molecule has 0 atom stereocenters. The molecule has 0 saturated heterocycles. The molecule has 0 spiro atoms. The average Bonchev–Trinajstić information content (AvgIpc) is 2.81. The number of carboxylic acids is 1. The van der Waals surface area contributed by atoms with Gasteiger partial charge in [0.25, 0.3) is 0 Å². The lowest BCUT2D eigenvalue weighted by Gasteiger charge is -2.05. The van der Waals surface area contributed by atoms with Gasteiger partial charge in [-0.1, -0.05) is 0 Å². The van der Waals surface area contributed by atoms with Gasteiger partial charge in [-0.15, -0.1) is 11.3 Å². The molecule has 3 N–H and O–H groups in total. The fraction of sp³-hybridized carbons (Fsp3) is 0.200. The Morgan fingerprint density at radius 3 is 2.80 bits per heavy atom. The van der Waals surface area contributed by atoms with Gasteiger partial charge in [-0.3, -0.25) is 0 Å². The lowest BCUT2D eigenvalue weighted by Crippen LogP contribution is -2.39. The van der Waals surface area contributed by atoms with E-state index in [-0.39, 0.29) is 6.54 Å². The van der Waals surface area contributed by atoms with Crippen LogP contribution in [-0.4, -0.2) is 32.7 Å². The third-order valence-corrected chi connectivity index (χ3v) is 3.85. The molecule has 0 unspecified atom stereocenters. The molecule has 1 aromatic heterocycles. The minimum atomic E-state index is -3.99. The fourth-order valence-corrected chi connectivity index (χ4v) is 2.70. The van der Waals surface area contributed by atoms with Crippen LogP contribution in [0.15, 0.2) is 17.5 Å². The predicted molar refractivity (Wildman–Crippen MR) is 72.3 cm³/mol. The molecule has 0 aliphatic rings. The number of carbonyl (C=O) groups excluding carboxylic acids is 1. The maximum absolute atomic E-state index is 11.4. The van der Waals surface area contributed by atoms with Crippen LogP contribution in [0, 0.1) is 0 Å². The maximum atomic E-state index is 11.4. The van der Waals surface area contributed by atoms with E-state index < -0.39 is 22.3 Å². The highest BCUT2D eigenvalue weighted by Crippen LogP contribution is 2.15. The summed E-state index contributed by atoms with van der Waals surface area (Å²) in [6, 6.07) is 1.63. The van der Waals surface area contributed by atoms with Crippen LogP contribution >= 0.6 is 11.3 Å². The largest absolute Gasteiger partial charge is 0.478 e. The number of nitrogens with one attached hydrogen (secondary N) is 2. The van der Waals surface area contributed by atoms with Gasteiger partial charge in [-0.05, 0) is 23.1 Å². The molecule has 0 aromatic carbocycles. The van der Waals surface area contributed by atoms with Crippen LogP contribution in [0.3, 0.4) is 0 Å². The highest BCUT2D eigenvalue weighted by Gasteiger charge is 2.14. The Labute approximate surface area is 119 Å². The van der Waals surface area contributed by atoms with E-state index in [0.717, 1.165) is 13.2 Å². The number of ether oxygens (including phenoxy) is 1. The Morgan fingerprint density at radius 2 is 2.20 bits per heavy atom. The van der Waals surface area contributed by atoms with Crippen molar-refractivity contribution in [1.29, 1.82) is 0 Å². The number of aliphatic carboxylic acids is 1. The zero-order chi connectivity index (χ0) is 15.2. The Kier molecular flexibility index (Phi) is 5.67.